The lowest BCUT2D eigenvalue weighted by Gasteiger charge is -2.19. The number of alkyl halides is 5. The number of hydrogen-bond acceptors (Lipinski definition) is 5. The number of aromatic nitrogens is 2. The van der Waals surface area contributed by atoms with Crippen molar-refractivity contribution in [2.45, 2.75) is 12.6 Å². The van der Waals surface area contributed by atoms with Crippen LogP contribution in [0.2, 0.25) is 0 Å². The molecule has 1 heterocycles. The van der Waals surface area contributed by atoms with Gasteiger partial charge in [-0.3, -0.25) is 0 Å². The highest BCUT2D eigenvalue weighted by atomic mass is 32.1. The van der Waals surface area contributed by atoms with Crippen molar-refractivity contribution >= 4 is 16.5 Å². The van der Waals surface area contributed by atoms with E-state index in [-0.39, 0.29) is 29.6 Å². The van der Waals surface area contributed by atoms with Crippen molar-refractivity contribution in [1.82, 2.24) is 10.2 Å². The van der Waals surface area contributed by atoms with E-state index >= 15 is 0 Å². The Morgan fingerprint density at radius 1 is 1.29 bits per heavy atom. The summed E-state index contributed by atoms with van der Waals surface area (Å²) in [5.74, 6) is 0. The fraction of sp³-hybridized carbons (Fsp3) is 0.714. The van der Waals surface area contributed by atoms with E-state index in [1.54, 1.807) is 0 Å². The molecular formula is C7H9F5N4S. The smallest absolute Gasteiger partial charge is 0.340 e. The van der Waals surface area contributed by atoms with Gasteiger partial charge in [-0.15, -0.1) is 10.2 Å². The van der Waals surface area contributed by atoms with Gasteiger partial charge in [0, 0.05) is 13.1 Å². The Hall–Kier alpha value is -1.03. The molecule has 0 saturated heterocycles. The lowest BCUT2D eigenvalue weighted by atomic mass is 10.5. The first-order chi connectivity index (χ1) is 7.84. The van der Waals surface area contributed by atoms with E-state index in [1.807, 2.05) is 0 Å². The molecule has 0 spiro atoms. The Morgan fingerprint density at radius 2 is 1.94 bits per heavy atom. The van der Waals surface area contributed by atoms with Crippen molar-refractivity contribution in [2.75, 3.05) is 24.5 Å². The summed E-state index contributed by atoms with van der Waals surface area (Å²) < 4.78 is 61.1. The van der Waals surface area contributed by atoms with Crippen molar-refractivity contribution in [2.24, 2.45) is 5.73 Å². The first kappa shape index (κ1) is 14.0. The van der Waals surface area contributed by atoms with Crippen LogP contribution < -0.4 is 10.6 Å². The Balaban J connectivity index is 2.84. The van der Waals surface area contributed by atoms with Crippen LogP contribution >= 0.6 is 11.3 Å². The molecule has 0 fully saturated rings. The minimum Gasteiger partial charge on any atom is -0.340 e. The summed E-state index contributed by atoms with van der Waals surface area (Å²) in [6.45, 7) is -0.686. The maximum atomic E-state index is 12.2. The zero-order chi connectivity index (χ0) is 13.1. The molecule has 0 bridgehead atoms. The molecule has 0 atom stereocenters. The van der Waals surface area contributed by atoms with Crippen LogP contribution in [0.3, 0.4) is 0 Å². The molecule has 0 aromatic carbocycles. The monoisotopic (exact) mass is 276 g/mol. The van der Waals surface area contributed by atoms with Gasteiger partial charge in [0.25, 0.3) is 6.43 Å². The highest BCUT2D eigenvalue weighted by Gasteiger charge is 2.36. The zero-order valence-corrected chi connectivity index (χ0v) is 9.23. The van der Waals surface area contributed by atoms with Gasteiger partial charge in [0.15, 0.2) is 0 Å². The first-order valence-corrected chi connectivity index (χ1v) is 5.30. The summed E-state index contributed by atoms with van der Waals surface area (Å²) in [5.41, 5.74) is 5.18. The van der Waals surface area contributed by atoms with E-state index < -0.39 is 24.2 Å². The number of nitrogens with two attached hydrogens (primary N) is 1. The number of anilines is 1. The average Bonchev–Trinajstić information content (AvgIpc) is 2.64. The second-order valence-corrected chi connectivity index (χ2v) is 3.97. The Labute approximate surface area is 97.2 Å². The van der Waals surface area contributed by atoms with E-state index in [9.17, 15) is 22.0 Å². The second kappa shape index (κ2) is 5.54. The van der Waals surface area contributed by atoms with Crippen LogP contribution in [-0.2, 0) is 6.18 Å². The Kier molecular flexibility index (Phi) is 4.57. The minimum atomic E-state index is -4.62. The number of nitrogens with zero attached hydrogens (tertiary/aromatic N) is 3. The standard InChI is InChI=1S/C7H9F5N4S/c8-4(9)3-16(2-1-13)6-15-14-5(17-6)7(10,11)12/h4H,1-3,13H2. The van der Waals surface area contributed by atoms with E-state index in [4.69, 9.17) is 5.73 Å². The average molecular weight is 276 g/mol. The molecule has 1 rings (SSSR count). The van der Waals surface area contributed by atoms with Gasteiger partial charge in [-0.05, 0) is 0 Å². The number of halogens is 5. The minimum absolute atomic E-state index is 0.00314. The van der Waals surface area contributed by atoms with Crippen molar-refractivity contribution < 1.29 is 22.0 Å². The van der Waals surface area contributed by atoms with Gasteiger partial charge >= 0.3 is 6.18 Å². The van der Waals surface area contributed by atoms with Crippen LogP contribution in [0.4, 0.5) is 27.1 Å². The summed E-state index contributed by atoms with van der Waals surface area (Å²) >= 11 is 0.220. The van der Waals surface area contributed by atoms with Crippen molar-refractivity contribution in [1.29, 1.82) is 0 Å². The van der Waals surface area contributed by atoms with Crippen LogP contribution in [0.15, 0.2) is 0 Å². The van der Waals surface area contributed by atoms with Crippen LogP contribution in [0, 0.1) is 0 Å². The fourth-order valence-corrected chi connectivity index (χ4v) is 1.79. The lowest BCUT2D eigenvalue weighted by Crippen LogP contribution is -2.33. The molecule has 0 aliphatic heterocycles. The van der Waals surface area contributed by atoms with Crippen molar-refractivity contribution in [3.8, 4) is 0 Å². The molecule has 98 valence electrons. The zero-order valence-electron chi connectivity index (χ0n) is 8.42. The van der Waals surface area contributed by atoms with E-state index in [0.29, 0.717) is 0 Å². The normalized spacial score (nSPS) is 12.2. The fourth-order valence-electron chi connectivity index (χ4n) is 1.05. The van der Waals surface area contributed by atoms with Gasteiger partial charge in [-0.1, -0.05) is 11.3 Å². The molecular weight excluding hydrogens is 267 g/mol. The molecule has 2 N–H and O–H groups in total. The molecule has 0 amide bonds. The van der Waals surface area contributed by atoms with Gasteiger partial charge in [0.2, 0.25) is 10.1 Å². The molecule has 4 nitrogen and oxygen atoms in total. The van der Waals surface area contributed by atoms with Crippen LogP contribution in [0.25, 0.3) is 0 Å². The Bertz CT molecular complexity index is 352. The van der Waals surface area contributed by atoms with Crippen molar-refractivity contribution in [3.63, 3.8) is 0 Å². The van der Waals surface area contributed by atoms with E-state index in [2.05, 4.69) is 10.2 Å². The van der Waals surface area contributed by atoms with Crippen molar-refractivity contribution in [3.05, 3.63) is 5.01 Å². The highest BCUT2D eigenvalue weighted by molar-refractivity contribution is 7.15. The van der Waals surface area contributed by atoms with E-state index in [0.717, 1.165) is 4.90 Å². The molecule has 1 aromatic rings. The molecule has 0 unspecified atom stereocenters. The van der Waals surface area contributed by atoms with E-state index in [1.165, 1.54) is 0 Å². The van der Waals surface area contributed by atoms with Gasteiger partial charge in [0.1, 0.15) is 0 Å². The number of rotatable bonds is 5. The highest BCUT2D eigenvalue weighted by Crippen LogP contribution is 2.34. The molecule has 0 saturated carbocycles. The summed E-state index contributed by atoms with van der Waals surface area (Å²) in [5, 5.41) is 4.79. The quantitative estimate of drug-likeness (QED) is 0.830. The van der Waals surface area contributed by atoms with Gasteiger partial charge < -0.3 is 10.6 Å². The second-order valence-electron chi connectivity index (χ2n) is 3.01. The maximum absolute atomic E-state index is 12.2. The van der Waals surface area contributed by atoms with Gasteiger partial charge in [-0.2, -0.15) is 13.2 Å². The van der Waals surface area contributed by atoms with Gasteiger partial charge in [0.05, 0.1) is 6.54 Å². The first-order valence-electron chi connectivity index (χ1n) is 4.48. The summed E-state index contributed by atoms with van der Waals surface area (Å²) in [4.78, 5) is 0.984. The van der Waals surface area contributed by atoms with Crippen LogP contribution in [0.1, 0.15) is 5.01 Å². The number of hydrogen-bond donors (Lipinski definition) is 1. The maximum Gasteiger partial charge on any atom is 0.445 e. The summed E-state index contributed by atoms with van der Waals surface area (Å²) in [7, 11) is 0. The predicted octanol–water partition coefficient (Wildman–Crippen LogP) is 1.59. The Morgan fingerprint density at radius 3 is 2.35 bits per heavy atom. The molecule has 0 aliphatic carbocycles. The van der Waals surface area contributed by atoms with Crippen LogP contribution in [0.5, 0.6) is 0 Å². The summed E-state index contributed by atoms with van der Waals surface area (Å²) in [6, 6.07) is 0. The molecule has 0 radical (unpaired) electrons. The molecule has 1 aromatic heterocycles. The summed E-state index contributed by atoms with van der Waals surface area (Å²) in [6.07, 6.45) is -7.30. The third-order valence-corrected chi connectivity index (χ3v) is 2.71. The SMILES string of the molecule is NCCN(CC(F)F)c1nnc(C(F)(F)F)s1. The van der Waals surface area contributed by atoms with Gasteiger partial charge in [-0.25, -0.2) is 8.78 Å². The largest absolute Gasteiger partial charge is 0.445 e. The van der Waals surface area contributed by atoms with Crippen LogP contribution in [-0.4, -0.2) is 36.3 Å². The third kappa shape index (κ3) is 4.04. The molecule has 0 aliphatic rings. The predicted molar refractivity (Wildman–Crippen MR) is 52.2 cm³/mol. The lowest BCUT2D eigenvalue weighted by molar-refractivity contribution is -0.138. The third-order valence-electron chi connectivity index (χ3n) is 1.68. The molecule has 17 heavy (non-hydrogen) atoms. The topological polar surface area (TPSA) is 55.0 Å². The molecule has 10 heteroatoms.